The van der Waals surface area contributed by atoms with Gasteiger partial charge < -0.3 is 15.1 Å². The third kappa shape index (κ3) is 6.59. The molecule has 0 saturated carbocycles. The second-order valence-electron chi connectivity index (χ2n) is 11.1. The predicted octanol–water partition coefficient (Wildman–Crippen LogP) is 7.83. The maximum atomic E-state index is 13.6. The molecule has 0 unspecified atom stereocenters. The molecule has 0 spiro atoms. The van der Waals surface area contributed by atoms with E-state index in [2.05, 4.69) is 4.98 Å². The quantitative estimate of drug-likeness (QED) is 0.147. The molecular formula is C36H31F2N3O3. The Bertz CT molecular complexity index is 1820. The molecule has 44 heavy (non-hydrogen) atoms. The standard InChI is InChI=1S/C36H31F2N3O3/c37-36(38)15-19-41(20-16-36)35(43)27-6-4-25(5-7-27)28-21-29-22-32(44-34(29)33(23-28)26-13-17-40-18-14-26)12-11-31(42)10-3-24-1-8-30(39)9-2-24/h1-10,13-14,17-18,21-23H,11-12,15-16,19-20,39H2/b10-3+. The number of nitrogens with two attached hydrogens (primary N) is 1. The highest BCUT2D eigenvalue weighted by molar-refractivity contribution is 5.98. The number of alkyl halides is 2. The first-order valence-electron chi connectivity index (χ1n) is 14.5. The van der Waals surface area contributed by atoms with Crippen LogP contribution >= 0.6 is 0 Å². The Hall–Kier alpha value is -5.11. The number of nitrogens with zero attached hydrogens (tertiary/aromatic N) is 2. The van der Waals surface area contributed by atoms with Crippen LogP contribution < -0.4 is 5.73 Å². The number of piperidine rings is 1. The monoisotopic (exact) mass is 591 g/mol. The number of aromatic nitrogens is 1. The number of allylic oxidation sites excluding steroid dienone is 1. The Kier molecular flexibility index (Phi) is 8.07. The molecule has 0 radical (unpaired) electrons. The molecule has 1 aliphatic rings. The lowest BCUT2D eigenvalue weighted by atomic mass is 9.96. The largest absolute Gasteiger partial charge is 0.460 e. The zero-order valence-electron chi connectivity index (χ0n) is 24.0. The Labute approximate surface area is 253 Å². The Morgan fingerprint density at radius 1 is 0.886 bits per heavy atom. The number of fused-ring (bicyclic) bond motifs is 1. The topological polar surface area (TPSA) is 89.4 Å². The van der Waals surface area contributed by atoms with Crippen molar-refractivity contribution in [2.45, 2.75) is 31.6 Å². The van der Waals surface area contributed by atoms with E-state index < -0.39 is 5.92 Å². The third-order valence-electron chi connectivity index (χ3n) is 7.92. The van der Waals surface area contributed by atoms with Crippen molar-refractivity contribution in [3.05, 3.63) is 114 Å². The van der Waals surface area contributed by atoms with E-state index in [1.54, 1.807) is 48.8 Å². The average Bonchev–Trinajstić information content (AvgIpc) is 3.46. The van der Waals surface area contributed by atoms with Crippen molar-refractivity contribution in [3.8, 4) is 22.3 Å². The number of benzene rings is 3. The number of carbonyl (C=O) groups is 2. The van der Waals surface area contributed by atoms with Crippen LogP contribution in [-0.2, 0) is 11.2 Å². The SMILES string of the molecule is Nc1ccc(/C=C/C(=O)CCc2cc3cc(-c4ccc(C(=O)N5CCC(F)(F)CC5)cc4)cc(-c4ccncc4)c3o2)cc1. The lowest BCUT2D eigenvalue weighted by molar-refractivity contribution is -0.114. The van der Waals surface area contributed by atoms with Gasteiger partial charge in [0, 0.05) is 73.4 Å². The predicted molar refractivity (Wildman–Crippen MR) is 168 cm³/mol. The van der Waals surface area contributed by atoms with Crippen LogP contribution in [0, 0.1) is 0 Å². The van der Waals surface area contributed by atoms with Crippen molar-refractivity contribution in [2.24, 2.45) is 0 Å². The first-order valence-corrected chi connectivity index (χ1v) is 14.5. The molecule has 0 atom stereocenters. The van der Waals surface area contributed by atoms with Crippen molar-refractivity contribution in [3.63, 3.8) is 0 Å². The van der Waals surface area contributed by atoms with Gasteiger partial charge in [0.1, 0.15) is 11.3 Å². The summed E-state index contributed by atoms with van der Waals surface area (Å²) in [4.78, 5) is 31.2. The molecule has 2 N–H and O–H groups in total. The summed E-state index contributed by atoms with van der Waals surface area (Å²) < 4.78 is 33.4. The molecule has 1 aliphatic heterocycles. The number of likely N-dealkylation sites (tertiary alicyclic amines) is 1. The Balaban J connectivity index is 1.23. The summed E-state index contributed by atoms with van der Waals surface area (Å²) in [6, 6.07) is 24.4. The lowest BCUT2D eigenvalue weighted by Crippen LogP contribution is -2.42. The molecule has 3 heterocycles. The minimum Gasteiger partial charge on any atom is -0.460 e. The number of halogens is 2. The highest BCUT2D eigenvalue weighted by Gasteiger charge is 2.35. The summed E-state index contributed by atoms with van der Waals surface area (Å²) in [5, 5.41) is 0.892. The fourth-order valence-corrected chi connectivity index (χ4v) is 5.39. The number of pyridine rings is 1. The van der Waals surface area contributed by atoms with Crippen molar-refractivity contribution < 1.29 is 22.8 Å². The first kappa shape index (κ1) is 29.0. The van der Waals surface area contributed by atoms with Gasteiger partial charge in [-0.05, 0) is 82.9 Å². The van der Waals surface area contributed by atoms with Crippen LogP contribution in [0.1, 0.15) is 40.9 Å². The molecule has 3 aromatic carbocycles. The molecule has 2 aromatic heterocycles. The Morgan fingerprint density at radius 3 is 2.30 bits per heavy atom. The van der Waals surface area contributed by atoms with Gasteiger partial charge in [-0.1, -0.05) is 30.3 Å². The fourth-order valence-electron chi connectivity index (χ4n) is 5.39. The molecule has 0 bridgehead atoms. The molecule has 1 fully saturated rings. The van der Waals surface area contributed by atoms with Crippen LogP contribution in [-0.4, -0.2) is 40.6 Å². The maximum Gasteiger partial charge on any atom is 0.253 e. The van der Waals surface area contributed by atoms with Crippen LogP contribution in [0.3, 0.4) is 0 Å². The van der Waals surface area contributed by atoms with Crippen LogP contribution in [0.5, 0.6) is 0 Å². The number of anilines is 1. The van der Waals surface area contributed by atoms with Crippen molar-refractivity contribution in [1.82, 2.24) is 9.88 Å². The zero-order valence-corrected chi connectivity index (χ0v) is 24.0. The molecule has 6 nitrogen and oxygen atoms in total. The highest BCUT2D eigenvalue weighted by Crippen LogP contribution is 2.36. The second kappa shape index (κ2) is 12.2. The number of nitrogen functional groups attached to an aromatic ring is 1. The van der Waals surface area contributed by atoms with Gasteiger partial charge in [0.15, 0.2) is 5.78 Å². The zero-order chi connectivity index (χ0) is 30.7. The molecule has 1 saturated heterocycles. The van der Waals surface area contributed by atoms with Crippen LogP contribution in [0.15, 0.2) is 102 Å². The van der Waals surface area contributed by atoms with Gasteiger partial charge in [-0.3, -0.25) is 14.6 Å². The minimum atomic E-state index is -2.70. The van der Waals surface area contributed by atoms with Crippen LogP contribution in [0.4, 0.5) is 14.5 Å². The van der Waals surface area contributed by atoms with Gasteiger partial charge in [0.25, 0.3) is 11.8 Å². The lowest BCUT2D eigenvalue weighted by Gasteiger charge is -2.31. The number of carbonyl (C=O) groups excluding carboxylic acids is 2. The summed E-state index contributed by atoms with van der Waals surface area (Å²) in [7, 11) is 0. The molecule has 8 heteroatoms. The van der Waals surface area contributed by atoms with Crippen molar-refractivity contribution in [1.29, 1.82) is 0 Å². The minimum absolute atomic E-state index is 0.00905. The fraction of sp³-hybridized carbons (Fsp3) is 0.194. The van der Waals surface area contributed by atoms with E-state index in [0.717, 1.165) is 33.2 Å². The number of aryl methyl sites for hydroxylation is 1. The Morgan fingerprint density at radius 2 is 1.59 bits per heavy atom. The van der Waals surface area contributed by atoms with Crippen LogP contribution in [0.25, 0.3) is 39.3 Å². The number of hydrogen-bond donors (Lipinski definition) is 1. The van der Waals surface area contributed by atoms with Crippen molar-refractivity contribution >= 4 is 34.4 Å². The summed E-state index contributed by atoms with van der Waals surface area (Å²) in [5.41, 5.74) is 12.1. The van der Waals surface area contributed by atoms with Gasteiger partial charge in [0.05, 0.1) is 0 Å². The molecule has 1 amide bonds. The van der Waals surface area contributed by atoms with Crippen molar-refractivity contribution in [2.75, 3.05) is 18.8 Å². The highest BCUT2D eigenvalue weighted by atomic mass is 19.3. The second-order valence-corrected chi connectivity index (χ2v) is 11.1. The smallest absolute Gasteiger partial charge is 0.253 e. The van der Waals surface area contributed by atoms with E-state index in [1.807, 2.05) is 54.6 Å². The van der Waals surface area contributed by atoms with Crippen LogP contribution in [0.2, 0.25) is 0 Å². The van der Waals surface area contributed by atoms with Gasteiger partial charge in [-0.25, -0.2) is 8.78 Å². The average molecular weight is 592 g/mol. The molecule has 0 aliphatic carbocycles. The number of furan rings is 1. The van der Waals surface area contributed by atoms with Gasteiger partial charge in [-0.15, -0.1) is 0 Å². The van der Waals surface area contributed by atoms with E-state index >= 15 is 0 Å². The number of ketones is 1. The molecule has 5 aromatic rings. The third-order valence-corrected chi connectivity index (χ3v) is 7.92. The number of amides is 1. The molecular weight excluding hydrogens is 560 g/mol. The normalized spacial score (nSPS) is 14.7. The summed E-state index contributed by atoms with van der Waals surface area (Å²) in [6.45, 7) is 0.0969. The summed E-state index contributed by atoms with van der Waals surface area (Å²) in [5.74, 6) is -2.25. The summed E-state index contributed by atoms with van der Waals surface area (Å²) in [6.07, 6.45) is 6.92. The van der Waals surface area contributed by atoms with E-state index in [-0.39, 0.29) is 37.6 Å². The van der Waals surface area contributed by atoms with Gasteiger partial charge in [0.2, 0.25) is 0 Å². The first-order chi connectivity index (χ1) is 21.2. The van der Waals surface area contributed by atoms with E-state index in [1.165, 1.54) is 4.90 Å². The number of rotatable bonds is 8. The molecule has 6 rings (SSSR count). The van der Waals surface area contributed by atoms with E-state index in [0.29, 0.717) is 35.4 Å². The van der Waals surface area contributed by atoms with Gasteiger partial charge in [-0.2, -0.15) is 0 Å². The summed E-state index contributed by atoms with van der Waals surface area (Å²) >= 11 is 0. The van der Waals surface area contributed by atoms with E-state index in [9.17, 15) is 18.4 Å². The van der Waals surface area contributed by atoms with E-state index in [4.69, 9.17) is 10.2 Å². The van der Waals surface area contributed by atoms with Gasteiger partial charge >= 0.3 is 0 Å². The maximum absolute atomic E-state index is 13.6. The number of hydrogen-bond acceptors (Lipinski definition) is 5. The molecule has 222 valence electrons.